The molecular formula is C11H17N3O. The average molecular weight is 207 g/mol. The number of nitrogens with one attached hydrogen (secondary N) is 1. The lowest BCUT2D eigenvalue weighted by Crippen LogP contribution is -2.33. The first kappa shape index (κ1) is 10.2. The summed E-state index contributed by atoms with van der Waals surface area (Å²) in [5.74, 6) is 1.39. The van der Waals surface area contributed by atoms with Crippen molar-refractivity contribution in [2.24, 2.45) is 11.8 Å². The lowest BCUT2D eigenvalue weighted by Gasteiger charge is -2.15. The average Bonchev–Trinajstić information content (AvgIpc) is 2.85. The van der Waals surface area contributed by atoms with Crippen LogP contribution < -0.4 is 5.32 Å². The molecule has 1 saturated carbocycles. The fraction of sp³-hybridized carbons (Fsp3) is 0.636. The topological polar surface area (TPSA) is 46.9 Å². The molecule has 0 spiro atoms. The van der Waals surface area contributed by atoms with Gasteiger partial charge < -0.3 is 5.32 Å². The number of hydrogen-bond donors (Lipinski definition) is 1. The summed E-state index contributed by atoms with van der Waals surface area (Å²) in [5, 5.41) is 2.94. The van der Waals surface area contributed by atoms with Gasteiger partial charge in [0.2, 0.25) is 0 Å². The minimum atomic E-state index is -0.0772. The quantitative estimate of drug-likeness (QED) is 0.804. The van der Waals surface area contributed by atoms with Crippen LogP contribution in [0.1, 0.15) is 26.2 Å². The SMILES string of the molecule is CC1CCCC1CNC(=O)n1ccnc1. The largest absolute Gasteiger partial charge is 0.337 e. The van der Waals surface area contributed by atoms with Gasteiger partial charge in [0.25, 0.3) is 0 Å². The molecule has 1 aromatic heterocycles. The molecule has 15 heavy (non-hydrogen) atoms. The second-order valence-electron chi connectivity index (χ2n) is 4.32. The number of hydrogen-bond acceptors (Lipinski definition) is 2. The maximum atomic E-state index is 11.6. The first-order valence-corrected chi connectivity index (χ1v) is 5.53. The lowest BCUT2D eigenvalue weighted by atomic mass is 9.98. The smallest absolute Gasteiger partial charge is 0.326 e. The van der Waals surface area contributed by atoms with E-state index in [-0.39, 0.29) is 6.03 Å². The summed E-state index contributed by atoms with van der Waals surface area (Å²) in [5.41, 5.74) is 0. The Bertz CT molecular complexity index is 321. The minimum Gasteiger partial charge on any atom is -0.337 e. The third-order valence-electron chi connectivity index (χ3n) is 3.29. The van der Waals surface area contributed by atoms with E-state index >= 15 is 0 Å². The van der Waals surface area contributed by atoms with Gasteiger partial charge in [-0.2, -0.15) is 0 Å². The summed E-state index contributed by atoms with van der Waals surface area (Å²) in [6.45, 7) is 3.05. The Morgan fingerprint density at radius 1 is 1.60 bits per heavy atom. The molecule has 2 rings (SSSR count). The molecule has 1 amide bonds. The highest BCUT2D eigenvalue weighted by atomic mass is 16.2. The van der Waals surface area contributed by atoms with Crippen molar-refractivity contribution in [3.63, 3.8) is 0 Å². The first-order chi connectivity index (χ1) is 7.27. The van der Waals surface area contributed by atoms with Crippen molar-refractivity contribution in [3.05, 3.63) is 18.7 Å². The molecule has 1 aliphatic rings. The second-order valence-corrected chi connectivity index (χ2v) is 4.32. The Morgan fingerprint density at radius 2 is 2.47 bits per heavy atom. The van der Waals surface area contributed by atoms with Crippen LogP contribution in [0.15, 0.2) is 18.7 Å². The number of aromatic nitrogens is 2. The summed E-state index contributed by atoms with van der Waals surface area (Å²) in [4.78, 5) is 15.4. The van der Waals surface area contributed by atoms with Gasteiger partial charge in [-0.3, -0.25) is 4.57 Å². The van der Waals surface area contributed by atoms with Gasteiger partial charge in [0.1, 0.15) is 6.33 Å². The van der Waals surface area contributed by atoms with Crippen LogP contribution >= 0.6 is 0 Å². The Balaban J connectivity index is 1.81. The number of nitrogens with zero attached hydrogens (tertiary/aromatic N) is 2. The van der Waals surface area contributed by atoms with Gasteiger partial charge in [-0.25, -0.2) is 9.78 Å². The number of carbonyl (C=O) groups excluding carboxylic acids is 1. The van der Waals surface area contributed by atoms with E-state index in [1.165, 1.54) is 30.2 Å². The fourth-order valence-corrected chi connectivity index (χ4v) is 2.21. The van der Waals surface area contributed by atoms with Crippen molar-refractivity contribution >= 4 is 6.03 Å². The molecule has 2 unspecified atom stereocenters. The molecule has 0 bridgehead atoms. The Labute approximate surface area is 89.7 Å². The van der Waals surface area contributed by atoms with E-state index in [1.807, 2.05) is 0 Å². The van der Waals surface area contributed by atoms with E-state index in [0.717, 1.165) is 12.5 Å². The maximum absolute atomic E-state index is 11.6. The zero-order valence-electron chi connectivity index (χ0n) is 9.02. The highest BCUT2D eigenvalue weighted by molar-refractivity contribution is 5.76. The molecule has 1 heterocycles. The summed E-state index contributed by atoms with van der Waals surface area (Å²) in [7, 11) is 0. The first-order valence-electron chi connectivity index (χ1n) is 5.53. The van der Waals surface area contributed by atoms with Gasteiger partial charge in [-0.15, -0.1) is 0 Å². The maximum Gasteiger partial charge on any atom is 0.326 e. The van der Waals surface area contributed by atoms with E-state index in [2.05, 4.69) is 17.2 Å². The van der Waals surface area contributed by atoms with Crippen LogP contribution in [0.25, 0.3) is 0 Å². The Morgan fingerprint density at radius 3 is 3.07 bits per heavy atom. The molecule has 1 aliphatic carbocycles. The molecule has 0 radical (unpaired) electrons. The van der Waals surface area contributed by atoms with E-state index in [9.17, 15) is 4.79 Å². The molecule has 0 aromatic carbocycles. The van der Waals surface area contributed by atoms with Crippen molar-refractivity contribution < 1.29 is 4.79 Å². The predicted molar refractivity (Wildman–Crippen MR) is 57.5 cm³/mol. The molecule has 1 fully saturated rings. The summed E-state index contributed by atoms with van der Waals surface area (Å²) in [6, 6.07) is -0.0772. The van der Waals surface area contributed by atoms with Gasteiger partial charge in [-0.1, -0.05) is 19.8 Å². The minimum absolute atomic E-state index is 0.0772. The molecule has 2 atom stereocenters. The van der Waals surface area contributed by atoms with Crippen LogP contribution in [0.4, 0.5) is 4.79 Å². The van der Waals surface area contributed by atoms with Crippen molar-refractivity contribution in [1.82, 2.24) is 14.9 Å². The molecular weight excluding hydrogens is 190 g/mol. The number of amides is 1. The summed E-state index contributed by atoms with van der Waals surface area (Å²) in [6.07, 6.45) is 8.63. The van der Waals surface area contributed by atoms with Crippen molar-refractivity contribution in [2.75, 3.05) is 6.54 Å². The standard InChI is InChI=1S/C11H17N3O/c1-9-3-2-4-10(9)7-13-11(15)14-6-5-12-8-14/h5-6,8-10H,2-4,7H2,1H3,(H,13,15). The Hall–Kier alpha value is -1.32. The van der Waals surface area contributed by atoms with Gasteiger partial charge in [0.05, 0.1) is 0 Å². The lowest BCUT2D eigenvalue weighted by molar-refractivity contribution is 0.239. The van der Waals surface area contributed by atoms with Crippen LogP contribution in [0, 0.1) is 11.8 Å². The number of rotatable bonds is 2. The van der Waals surface area contributed by atoms with Crippen LogP contribution in [0.3, 0.4) is 0 Å². The molecule has 0 saturated heterocycles. The van der Waals surface area contributed by atoms with E-state index in [1.54, 1.807) is 12.4 Å². The number of carbonyl (C=O) groups is 1. The van der Waals surface area contributed by atoms with Crippen LogP contribution in [0.5, 0.6) is 0 Å². The Kier molecular flexibility index (Phi) is 3.04. The summed E-state index contributed by atoms with van der Waals surface area (Å²) < 4.78 is 1.47. The third-order valence-corrected chi connectivity index (χ3v) is 3.29. The highest BCUT2D eigenvalue weighted by Gasteiger charge is 2.23. The van der Waals surface area contributed by atoms with Gasteiger partial charge >= 0.3 is 6.03 Å². The van der Waals surface area contributed by atoms with Crippen molar-refractivity contribution in [3.8, 4) is 0 Å². The van der Waals surface area contributed by atoms with Gasteiger partial charge in [-0.05, 0) is 18.3 Å². The molecule has 1 N–H and O–H groups in total. The molecule has 4 nitrogen and oxygen atoms in total. The fourth-order valence-electron chi connectivity index (χ4n) is 2.21. The monoisotopic (exact) mass is 207 g/mol. The molecule has 0 aliphatic heterocycles. The molecule has 4 heteroatoms. The van der Waals surface area contributed by atoms with Gasteiger partial charge in [0, 0.05) is 18.9 Å². The zero-order valence-corrected chi connectivity index (χ0v) is 9.02. The van der Waals surface area contributed by atoms with E-state index < -0.39 is 0 Å². The third kappa shape index (κ3) is 2.37. The van der Waals surface area contributed by atoms with E-state index in [0.29, 0.717) is 5.92 Å². The second kappa shape index (κ2) is 4.47. The normalized spacial score (nSPS) is 25.4. The van der Waals surface area contributed by atoms with Gasteiger partial charge in [0.15, 0.2) is 0 Å². The van der Waals surface area contributed by atoms with Crippen LogP contribution in [0.2, 0.25) is 0 Å². The van der Waals surface area contributed by atoms with Crippen LogP contribution in [-0.2, 0) is 0 Å². The summed E-state index contributed by atoms with van der Waals surface area (Å²) >= 11 is 0. The van der Waals surface area contributed by atoms with E-state index in [4.69, 9.17) is 0 Å². The predicted octanol–water partition coefficient (Wildman–Crippen LogP) is 1.88. The van der Waals surface area contributed by atoms with Crippen molar-refractivity contribution in [1.29, 1.82) is 0 Å². The number of imidazole rings is 1. The van der Waals surface area contributed by atoms with Crippen molar-refractivity contribution in [2.45, 2.75) is 26.2 Å². The highest BCUT2D eigenvalue weighted by Crippen LogP contribution is 2.30. The van der Waals surface area contributed by atoms with Crippen LogP contribution in [-0.4, -0.2) is 22.1 Å². The zero-order chi connectivity index (χ0) is 10.7. The molecule has 1 aromatic rings. The molecule has 82 valence electrons.